The van der Waals surface area contributed by atoms with Gasteiger partial charge < -0.3 is 10.6 Å². The molecule has 84 valence electrons. The second-order valence-electron chi connectivity index (χ2n) is 2.92. The number of nitrogens with zero attached hydrogens (tertiary/aromatic N) is 1. The largest absolute Gasteiger partial charge is 0.376 e. The first kappa shape index (κ1) is 12.3. The lowest BCUT2D eigenvalue weighted by Gasteiger charge is -2.06. The molecule has 0 atom stereocenters. The highest BCUT2D eigenvalue weighted by molar-refractivity contribution is 6.30. The number of carbonyl (C=O) groups is 1. The van der Waals surface area contributed by atoms with E-state index in [-0.39, 0.29) is 24.0 Å². The van der Waals surface area contributed by atoms with E-state index in [1.807, 2.05) is 0 Å². The van der Waals surface area contributed by atoms with Gasteiger partial charge in [-0.1, -0.05) is 11.6 Å². The third-order valence-electron chi connectivity index (χ3n) is 1.74. The first-order valence-electron chi connectivity index (χ1n) is 4.46. The maximum absolute atomic E-state index is 13.0. The van der Waals surface area contributed by atoms with Gasteiger partial charge in [0.1, 0.15) is 12.4 Å². The van der Waals surface area contributed by atoms with Crippen molar-refractivity contribution in [3.63, 3.8) is 0 Å². The van der Waals surface area contributed by atoms with E-state index in [0.717, 1.165) is 0 Å². The van der Waals surface area contributed by atoms with Crippen LogP contribution in [-0.4, -0.2) is 19.0 Å². The van der Waals surface area contributed by atoms with Crippen molar-refractivity contribution >= 4 is 23.2 Å². The molecular formula is C10H9ClFN3O. The van der Waals surface area contributed by atoms with Gasteiger partial charge >= 0.3 is 0 Å². The van der Waals surface area contributed by atoms with Crippen LogP contribution in [0.4, 0.5) is 10.1 Å². The highest BCUT2D eigenvalue weighted by Crippen LogP contribution is 2.18. The molecule has 0 radical (unpaired) electrons. The van der Waals surface area contributed by atoms with E-state index in [2.05, 4.69) is 10.6 Å². The van der Waals surface area contributed by atoms with Gasteiger partial charge in [0.2, 0.25) is 5.91 Å². The minimum atomic E-state index is -0.552. The van der Waals surface area contributed by atoms with Gasteiger partial charge in [-0.25, -0.2) is 4.39 Å². The molecule has 0 saturated carbocycles. The van der Waals surface area contributed by atoms with Crippen LogP contribution in [-0.2, 0) is 4.79 Å². The van der Waals surface area contributed by atoms with Crippen molar-refractivity contribution in [3.8, 4) is 6.07 Å². The van der Waals surface area contributed by atoms with Gasteiger partial charge in [-0.05, 0) is 18.2 Å². The summed E-state index contributed by atoms with van der Waals surface area (Å²) in [7, 11) is 0. The van der Waals surface area contributed by atoms with Crippen LogP contribution in [0.2, 0.25) is 5.02 Å². The molecule has 6 heteroatoms. The average molecular weight is 242 g/mol. The Morgan fingerprint density at radius 2 is 2.31 bits per heavy atom. The maximum atomic E-state index is 13.0. The zero-order valence-corrected chi connectivity index (χ0v) is 9.01. The molecule has 1 amide bonds. The summed E-state index contributed by atoms with van der Waals surface area (Å²) in [5.74, 6) is -0.888. The molecule has 0 heterocycles. The molecule has 1 aromatic carbocycles. The number of nitriles is 1. The van der Waals surface area contributed by atoms with Crippen LogP contribution >= 0.6 is 11.6 Å². The third-order valence-corrected chi connectivity index (χ3v) is 2.04. The van der Waals surface area contributed by atoms with Crippen LogP contribution in [0.3, 0.4) is 0 Å². The van der Waals surface area contributed by atoms with Gasteiger partial charge in [-0.15, -0.1) is 0 Å². The Labute approximate surface area is 97.0 Å². The standard InChI is InChI=1S/C10H9ClFN3O/c11-8-2-1-7(5-9(8)12)15-6-10(16)14-4-3-13/h1-2,5,15H,4,6H2,(H,14,16). The summed E-state index contributed by atoms with van der Waals surface area (Å²) >= 11 is 5.49. The molecule has 0 unspecified atom stereocenters. The van der Waals surface area contributed by atoms with Gasteiger partial charge in [0.15, 0.2) is 0 Å². The summed E-state index contributed by atoms with van der Waals surface area (Å²) < 4.78 is 13.0. The zero-order chi connectivity index (χ0) is 12.0. The summed E-state index contributed by atoms with van der Waals surface area (Å²) in [6, 6.07) is 5.92. The number of nitrogens with one attached hydrogen (secondary N) is 2. The van der Waals surface area contributed by atoms with Gasteiger partial charge in [0.05, 0.1) is 17.6 Å². The topological polar surface area (TPSA) is 64.9 Å². The summed E-state index contributed by atoms with van der Waals surface area (Å²) in [5, 5.41) is 13.3. The number of benzene rings is 1. The molecule has 16 heavy (non-hydrogen) atoms. The summed E-state index contributed by atoms with van der Waals surface area (Å²) in [4.78, 5) is 11.1. The van der Waals surface area contributed by atoms with Crippen LogP contribution < -0.4 is 10.6 Å². The van der Waals surface area contributed by atoms with E-state index in [4.69, 9.17) is 16.9 Å². The van der Waals surface area contributed by atoms with Crippen LogP contribution in [0.5, 0.6) is 0 Å². The van der Waals surface area contributed by atoms with Crippen molar-refractivity contribution in [1.29, 1.82) is 5.26 Å². The Morgan fingerprint density at radius 3 is 2.94 bits per heavy atom. The quantitative estimate of drug-likeness (QED) is 0.786. The second-order valence-corrected chi connectivity index (χ2v) is 3.32. The van der Waals surface area contributed by atoms with Crippen molar-refractivity contribution in [3.05, 3.63) is 29.0 Å². The highest BCUT2D eigenvalue weighted by atomic mass is 35.5. The Kier molecular flexibility index (Phi) is 4.55. The lowest BCUT2D eigenvalue weighted by Crippen LogP contribution is -2.29. The number of rotatable bonds is 4. The average Bonchev–Trinajstić information content (AvgIpc) is 2.28. The fourth-order valence-electron chi connectivity index (χ4n) is 0.989. The minimum absolute atomic E-state index is 0.0250. The molecule has 0 aliphatic rings. The Balaban J connectivity index is 2.46. The van der Waals surface area contributed by atoms with E-state index in [0.29, 0.717) is 5.69 Å². The van der Waals surface area contributed by atoms with E-state index in [9.17, 15) is 9.18 Å². The van der Waals surface area contributed by atoms with Gasteiger partial charge in [-0.3, -0.25) is 4.79 Å². The maximum Gasteiger partial charge on any atom is 0.240 e. The predicted octanol–water partition coefficient (Wildman–Crippen LogP) is 1.53. The summed E-state index contributed by atoms with van der Waals surface area (Å²) in [6.45, 7) is -0.0712. The lowest BCUT2D eigenvalue weighted by atomic mass is 10.3. The van der Waals surface area contributed by atoms with E-state index < -0.39 is 5.82 Å². The number of hydrogen-bond donors (Lipinski definition) is 2. The summed E-state index contributed by atoms with van der Waals surface area (Å²) in [6.07, 6.45) is 0. The smallest absolute Gasteiger partial charge is 0.240 e. The van der Waals surface area contributed by atoms with Crippen molar-refractivity contribution in [2.45, 2.75) is 0 Å². The Morgan fingerprint density at radius 1 is 1.56 bits per heavy atom. The van der Waals surface area contributed by atoms with Crippen LogP contribution in [0, 0.1) is 17.1 Å². The number of hydrogen-bond acceptors (Lipinski definition) is 3. The normalized spacial score (nSPS) is 9.31. The molecule has 0 fully saturated rings. The van der Waals surface area contributed by atoms with Crippen LogP contribution in [0.15, 0.2) is 18.2 Å². The molecule has 1 rings (SSSR count). The van der Waals surface area contributed by atoms with E-state index in [1.54, 1.807) is 12.1 Å². The Hall–Kier alpha value is -1.80. The van der Waals surface area contributed by atoms with Crippen molar-refractivity contribution in [2.75, 3.05) is 18.4 Å². The zero-order valence-electron chi connectivity index (χ0n) is 8.26. The number of halogens is 2. The monoisotopic (exact) mass is 241 g/mol. The molecule has 0 spiro atoms. The number of anilines is 1. The molecular weight excluding hydrogens is 233 g/mol. The molecule has 0 saturated heterocycles. The van der Waals surface area contributed by atoms with E-state index in [1.165, 1.54) is 12.1 Å². The Bertz CT molecular complexity index is 431. The van der Waals surface area contributed by atoms with Crippen molar-refractivity contribution in [2.24, 2.45) is 0 Å². The molecule has 2 N–H and O–H groups in total. The first-order chi connectivity index (χ1) is 7.63. The molecule has 0 aliphatic heterocycles. The van der Waals surface area contributed by atoms with Crippen LogP contribution in [0.25, 0.3) is 0 Å². The van der Waals surface area contributed by atoms with Crippen molar-refractivity contribution in [1.82, 2.24) is 5.32 Å². The predicted molar refractivity (Wildman–Crippen MR) is 58.5 cm³/mol. The molecule has 0 bridgehead atoms. The van der Waals surface area contributed by atoms with Gasteiger partial charge in [-0.2, -0.15) is 5.26 Å². The first-order valence-corrected chi connectivity index (χ1v) is 4.84. The molecule has 1 aromatic rings. The number of carbonyl (C=O) groups excluding carboxylic acids is 1. The fourth-order valence-corrected chi connectivity index (χ4v) is 1.11. The van der Waals surface area contributed by atoms with Gasteiger partial charge in [0.25, 0.3) is 0 Å². The van der Waals surface area contributed by atoms with Gasteiger partial charge in [0, 0.05) is 5.69 Å². The molecule has 4 nitrogen and oxygen atoms in total. The molecule has 0 aromatic heterocycles. The van der Waals surface area contributed by atoms with Crippen molar-refractivity contribution < 1.29 is 9.18 Å². The fraction of sp³-hybridized carbons (Fsp3) is 0.200. The lowest BCUT2D eigenvalue weighted by molar-refractivity contribution is -0.119. The molecule has 0 aliphatic carbocycles. The van der Waals surface area contributed by atoms with Crippen LogP contribution in [0.1, 0.15) is 0 Å². The number of amides is 1. The summed E-state index contributed by atoms with van der Waals surface area (Å²) in [5.41, 5.74) is 0.453. The third kappa shape index (κ3) is 3.75. The minimum Gasteiger partial charge on any atom is -0.376 e. The SMILES string of the molecule is N#CCNC(=O)CNc1ccc(Cl)c(F)c1. The highest BCUT2D eigenvalue weighted by Gasteiger charge is 2.03. The second kappa shape index (κ2) is 5.93. The van der Waals surface area contributed by atoms with E-state index >= 15 is 0 Å².